The molecule has 0 aliphatic carbocycles. The van der Waals surface area contributed by atoms with Gasteiger partial charge in [0.25, 0.3) is 0 Å². The number of anilines is 3. The van der Waals surface area contributed by atoms with Crippen LogP contribution in [0, 0.1) is 0 Å². The first kappa shape index (κ1) is 23.6. The van der Waals surface area contributed by atoms with Crippen LogP contribution in [0.2, 0.25) is 0 Å². The highest BCUT2D eigenvalue weighted by atomic mass is 32.1. The maximum Gasteiger partial charge on any atom is 0.0862 e. The summed E-state index contributed by atoms with van der Waals surface area (Å²) in [6.45, 7) is 0. The summed E-state index contributed by atoms with van der Waals surface area (Å²) in [7, 11) is 0. The summed E-state index contributed by atoms with van der Waals surface area (Å²) in [5, 5.41) is 2.49. The van der Waals surface area contributed by atoms with E-state index in [-0.39, 0.29) is 5.92 Å². The van der Waals surface area contributed by atoms with E-state index in [2.05, 4.69) is 91.0 Å². The van der Waals surface area contributed by atoms with Gasteiger partial charge in [-0.1, -0.05) is 72.8 Å². The van der Waals surface area contributed by atoms with Crippen molar-refractivity contribution in [2.24, 2.45) is 0 Å². The van der Waals surface area contributed by atoms with E-state index in [4.69, 9.17) is 17.2 Å². The number of nitrogen functional groups attached to an aromatic ring is 3. The molecule has 0 fully saturated rings. The average Bonchev–Trinajstić information content (AvgIpc) is 3.67. The highest BCUT2D eigenvalue weighted by molar-refractivity contribution is 7.19. The number of rotatable bonds is 6. The van der Waals surface area contributed by atoms with Gasteiger partial charge in [-0.2, -0.15) is 0 Å². The van der Waals surface area contributed by atoms with E-state index in [0.717, 1.165) is 15.0 Å². The third-order valence-electron chi connectivity index (χ3n) is 6.47. The molecule has 0 radical (unpaired) electrons. The third-order valence-corrected chi connectivity index (χ3v) is 9.36. The van der Waals surface area contributed by atoms with Gasteiger partial charge in [-0.15, -0.1) is 34.0 Å². The third kappa shape index (κ3) is 4.91. The van der Waals surface area contributed by atoms with Gasteiger partial charge < -0.3 is 17.2 Å². The van der Waals surface area contributed by atoms with Gasteiger partial charge in [0.05, 0.1) is 15.0 Å². The Hall–Kier alpha value is -3.84. The minimum Gasteiger partial charge on any atom is -0.391 e. The molecule has 37 heavy (non-hydrogen) atoms. The van der Waals surface area contributed by atoms with Gasteiger partial charge in [-0.3, -0.25) is 0 Å². The van der Waals surface area contributed by atoms with Gasteiger partial charge in [-0.25, -0.2) is 0 Å². The van der Waals surface area contributed by atoms with Crippen LogP contribution >= 0.6 is 34.0 Å². The second kappa shape index (κ2) is 9.90. The summed E-state index contributed by atoms with van der Waals surface area (Å²) in [5.74, 6) is 0.104. The Labute approximate surface area is 228 Å². The van der Waals surface area contributed by atoms with Crippen LogP contribution in [-0.2, 0) is 0 Å². The molecule has 3 nitrogen and oxygen atoms in total. The van der Waals surface area contributed by atoms with Crippen LogP contribution in [-0.4, -0.2) is 0 Å². The number of benzene rings is 3. The summed E-state index contributed by atoms with van der Waals surface area (Å²) >= 11 is 4.84. The minimum absolute atomic E-state index is 0.104. The largest absolute Gasteiger partial charge is 0.391 e. The van der Waals surface area contributed by atoms with E-state index in [1.54, 1.807) is 34.0 Å². The van der Waals surface area contributed by atoms with Crippen LogP contribution in [0.15, 0.2) is 109 Å². The zero-order valence-corrected chi connectivity index (χ0v) is 22.4. The molecule has 3 heterocycles. The van der Waals surface area contributed by atoms with Gasteiger partial charge in [0, 0.05) is 20.5 Å². The van der Waals surface area contributed by atoms with Crippen LogP contribution < -0.4 is 17.2 Å². The standard InChI is InChI=1S/C31H25N3S3/c32-28-16-13-25(35-28)19-1-7-22(8-2-19)31(23-9-3-20(4-10-23)26-14-17-29(33)36-26)24-11-5-21(6-12-24)27-15-18-30(34)37-27/h1-18,31H,32-34H2. The van der Waals surface area contributed by atoms with Crippen molar-refractivity contribution in [3.8, 4) is 31.3 Å². The van der Waals surface area contributed by atoms with Crippen LogP contribution in [0.1, 0.15) is 22.6 Å². The molecular weight excluding hydrogens is 511 g/mol. The van der Waals surface area contributed by atoms with E-state index < -0.39 is 0 Å². The van der Waals surface area contributed by atoms with E-state index in [1.165, 1.54) is 48.0 Å². The molecule has 3 aromatic heterocycles. The summed E-state index contributed by atoms with van der Waals surface area (Å²) in [5.41, 5.74) is 25.2. The molecule has 0 spiro atoms. The summed E-state index contributed by atoms with van der Waals surface area (Å²) in [6, 6.07) is 38.7. The first-order valence-corrected chi connectivity index (χ1v) is 14.4. The van der Waals surface area contributed by atoms with Gasteiger partial charge in [0.15, 0.2) is 0 Å². The Morgan fingerprint density at radius 3 is 0.838 bits per heavy atom. The molecule has 0 aliphatic rings. The SMILES string of the molecule is Nc1ccc(-c2ccc(C(c3ccc(-c4ccc(N)s4)cc3)c3ccc(-c4ccc(N)s4)cc3)cc2)s1. The fraction of sp³-hybridized carbons (Fsp3) is 0.0323. The molecule has 0 unspecified atom stereocenters. The van der Waals surface area contributed by atoms with Crippen molar-refractivity contribution in [2.75, 3.05) is 17.2 Å². The molecule has 6 heteroatoms. The van der Waals surface area contributed by atoms with Crippen molar-refractivity contribution in [1.82, 2.24) is 0 Å². The van der Waals surface area contributed by atoms with Crippen molar-refractivity contribution < 1.29 is 0 Å². The van der Waals surface area contributed by atoms with Gasteiger partial charge in [0.2, 0.25) is 0 Å². The Morgan fingerprint density at radius 2 is 0.622 bits per heavy atom. The molecule has 6 N–H and O–H groups in total. The molecule has 0 bridgehead atoms. The quantitative estimate of drug-likeness (QED) is 0.186. The zero-order valence-electron chi connectivity index (χ0n) is 19.9. The molecule has 0 amide bonds. The smallest absolute Gasteiger partial charge is 0.0862 e. The zero-order chi connectivity index (χ0) is 25.4. The Kier molecular flexibility index (Phi) is 6.30. The molecule has 0 atom stereocenters. The Morgan fingerprint density at radius 1 is 0.351 bits per heavy atom. The average molecular weight is 536 g/mol. The molecule has 0 saturated heterocycles. The molecule has 0 saturated carbocycles. The summed E-state index contributed by atoms with van der Waals surface area (Å²) in [6.07, 6.45) is 0. The van der Waals surface area contributed by atoms with Crippen LogP contribution in [0.4, 0.5) is 15.0 Å². The number of nitrogens with two attached hydrogens (primary N) is 3. The number of hydrogen-bond donors (Lipinski definition) is 3. The molecule has 0 aliphatic heterocycles. The predicted octanol–water partition coefficient (Wildman–Crippen LogP) is 8.80. The number of thiophene rings is 3. The second-order valence-corrected chi connectivity index (χ2v) is 12.3. The molecule has 6 rings (SSSR count). The van der Waals surface area contributed by atoms with Crippen LogP contribution in [0.5, 0.6) is 0 Å². The first-order valence-electron chi connectivity index (χ1n) is 11.9. The minimum atomic E-state index is 0.104. The second-order valence-electron chi connectivity index (χ2n) is 8.91. The fourth-order valence-corrected chi connectivity index (χ4v) is 6.96. The van der Waals surface area contributed by atoms with E-state index >= 15 is 0 Å². The van der Waals surface area contributed by atoms with Crippen LogP contribution in [0.25, 0.3) is 31.3 Å². The molecule has 6 aromatic rings. The van der Waals surface area contributed by atoms with Crippen molar-refractivity contribution in [2.45, 2.75) is 5.92 Å². The van der Waals surface area contributed by atoms with Gasteiger partial charge in [-0.05, 0) is 69.8 Å². The topological polar surface area (TPSA) is 78.1 Å². The van der Waals surface area contributed by atoms with Crippen molar-refractivity contribution in [3.63, 3.8) is 0 Å². The fourth-order valence-electron chi connectivity index (χ4n) is 4.62. The summed E-state index contributed by atoms with van der Waals surface area (Å²) in [4.78, 5) is 3.54. The molecule has 182 valence electrons. The lowest BCUT2D eigenvalue weighted by atomic mass is 9.84. The van der Waals surface area contributed by atoms with E-state index in [9.17, 15) is 0 Å². The van der Waals surface area contributed by atoms with E-state index in [0.29, 0.717) is 0 Å². The summed E-state index contributed by atoms with van der Waals surface area (Å²) < 4.78 is 0. The van der Waals surface area contributed by atoms with Gasteiger partial charge >= 0.3 is 0 Å². The van der Waals surface area contributed by atoms with Crippen LogP contribution in [0.3, 0.4) is 0 Å². The monoisotopic (exact) mass is 535 g/mol. The normalized spacial score (nSPS) is 11.3. The van der Waals surface area contributed by atoms with Crippen molar-refractivity contribution >= 4 is 49.0 Å². The number of hydrogen-bond acceptors (Lipinski definition) is 6. The van der Waals surface area contributed by atoms with Crippen molar-refractivity contribution in [3.05, 3.63) is 126 Å². The lowest BCUT2D eigenvalue weighted by Gasteiger charge is -2.20. The molecular formula is C31H25N3S3. The highest BCUT2D eigenvalue weighted by Gasteiger charge is 2.18. The van der Waals surface area contributed by atoms with Crippen molar-refractivity contribution in [1.29, 1.82) is 0 Å². The lowest BCUT2D eigenvalue weighted by molar-refractivity contribution is 0.978. The van der Waals surface area contributed by atoms with E-state index in [1.807, 2.05) is 18.2 Å². The Balaban J connectivity index is 1.38. The predicted molar refractivity (Wildman–Crippen MR) is 163 cm³/mol. The highest BCUT2D eigenvalue weighted by Crippen LogP contribution is 2.38. The molecule has 3 aromatic carbocycles. The maximum absolute atomic E-state index is 5.96. The lowest BCUT2D eigenvalue weighted by Crippen LogP contribution is -2.03. The first-order chi connectivity index (χ1) is 18.0. The van der Waals surface area contributed by atoms with Gasteiger partial charge in [0.1, 0.15) is 0 Å². The maximum atomic E-state index is 5.96. The Bertz CT molecular complexity index is 1440.